The van der Waals surface area contributed by atoms with Crippen molar-refractivity contribution in [2.45, 2.75) is 44.4 Å². The predicted molar refractivity (Wildman–Crippen MR) is 70.0 cm³/mol. The van der Waals surface area contributed by atoms with Crippen LogP contribution in [0.2, 0.25) is 0 Å². The van der Waals surface area contributed by atoms with Crippen molar-refractivity contribution in [3.8, 4) is 5.75 Å². The number of hydrogen-bond acceptors (Lipinski definition) is 2. The van der Waals surface area contributed by atoms with Gasteiger partial charge in [-0.2, -0.15) is 0 Å². The summed E-state index contributed by atoms with van der Waals surface area (Å²) in [5.74, 6) is 0.0667. The Bertz CT molecular complexity index is 420. The lowest BCUT2D eigenvalue weighted by atomic mass is 9.69. The summed E-state index contributed by atoms with van der Waals surface area (Å²) < 4.78 is 5.47. The normalized spacial score (nSPS) is 18.3. The van der Waals surface area contributed by atoms with Crippen LogP contribution in [0.15, 0.2) is 24.3 Å². The van der Waals surface area contributed by atoms with E-state index in [9.17, 15) is 9.90 Å². The van der Waals surface area contributed by atoms with E-state index in [0.717, 1.165) is 43.4 Å². The number of benzene rings is 1. The molecule has 0 radical (unpaired) electrons. The van der Waals surface area contributed by atoms with Crippen molar-refractivity contribution in [3.63, 3.8) is 0 Å². The molecular weight excluding hydrogens is 228 g/mol. The number of carbonyl (C=O) groups is 1. The van der Waals surface area contributed by atoms with Crippen LogP contribution >= 0.6 is 0 Å². The minimum absolute atomic E-state index is 0.601. The van der Waals surface area contributed by atoms with Crippen molar-refractivity contribution in [3.05, 3.63) is 29.8 Å². The molecule has 0 unspecified atom stereocenters. The van der Waals surface area contributed by atoms with Crippen LogP contribution in [-0.4, -0.2) is 17.7 Å². The molecule has 0 aliphatic heterocycles. The number of hydrogen-bond donors (Lipinski definition) is 1. The van der Waals surface area contributed by atoms with E-state index >= 15 is 0 Å². The molecule has 3 nitrogen and oxygen atoms in total. The van der Waals surface area contributed by atoms with Crippen LogP contribution in [0.1, 0.15) is 44.6 Å². The minimum Gasteiger partial charge on any atom is -0.494 e. The molecule has 1 saturated carbocycles. The van der Waals surface area contributed by atoms with Crippen LogP contribution < -0.4 is 4.74 Å². The van der Waals surface area contributed by atoms with Gasteiger partial charge in [-0.15, -0.1) is 0 Å². The molecule has 1 N–H and O–H groups in total. The van der Waals surface area contributed by atoms with E-state index in [0.29, 0.717) is 6.61 Å². The summed E-state index contributed by atoms with van der Waals surface area (Å²) in [6.07, 6.45) is 4.59. The second-order valence-corrected chi connectivity index (χ2v) is 4.91. The maximum atomic E-state index is 11.7. The Labute approximate surface area is 108 Å². The van der Waals surface area contributed by atoms with Crippen LogP contribution in [0, 0.1) is 0 Å². The molecule has 2 rings (SSSR count). The SMILES string of the molecule is CCOc1cccc(C2(C(=O)O)CCCCC2)c1. The Morgan fingerprint density at radius 3 is 2.67 bits per heavy atom. The van der Waals surface area contributed by atoms with Gasteiger partial charge < -0.3 is 9.84 Å². The average Bonchev–Trinajstić information content (AvgIpc) is 2.40. The molecule has 1 aliphatic carbocycles. The topological polar surface area (TPSA) is 46.5 Å². The van der Waals surface area contributed by atoms with Crippen molar-refractivity contribution in [1.29, 1.82) is 0 Å². The van der Waals surface area contributed by atoms with E-state index < -0.39 is 11.4 Å². The summed E-state index contributed by atoms with van der Waals surface area (Å²) in [7, 11) is 0. The lowest BCUT2D eigenvalue weighted by molar-refractivity contribution is -0.145. The second-order valence-electron chi connectivity index (χ2n) is 4.91. The molecule has 98 valence electrons. The molecular formula is C15H20O3. The highest BCUT2D eigenvalue weighted by atomic mass is 16.5. The minimum atomic E-state index is -0.703. The maximum Gasteiger partial charge on any atom is 0.314 e. The largest absolute Gasteiger partial charge is 0.494 e. The molecule has 0 bridgehead atoms. The fourth-order valence-electron chi connectivity index (χ4n) is 2.83. The molecule has 0 atom stereocenters. The first-order chi connectivity index (χ1) is 8.69. The van der Waals surface area contributed by atoms with Gasteiger partial charge >= 0.3 is 5.97 Å². The fraction of sp³-hybridized carbons (Fsp3) is 0.533. The standard InChI is InChI=1S/C15H20O3/c1-2-18-13-8-6-7-12(11-13)15(14(16)17)9-4-3-5-10-15/h6-8,11H,2-5,9-10H2,1H3,(H,16,17). The van der Waals surface area contributed by atoms with E-state index in [4.69, 9.17) is 4.74 Å². The summed E-state index contributed by atoms with van der Waals surface area (Å²) in [4.78, 5) is 11.7. The molecule has 1 aliphatic rings. The lowest BCUT2D eigenvalue weighted by Crippen LogP contribution is -2.37. The van der Waals surface area contributed by atoms with Gasteiger partial charge in [0.05, 0.1) is 12.0 Å². The van der Waals surface area contributed by atoms with Crippen molar-refractivity contribution in [2.75, 3.05) is 6.61 Å². The van der Waals surface area contributed by atoms with Crippen LogP contribution in [0.25, 0.3) is 0 Å². The molecule has 1 fully saturated rings. The van der Waals surface area contributed by atoms with Crippen molar-refractivity contribution < 1.29 is 14.6 Å². The number of rotatable bonds is 4. The van der Waals surface area contributed by atoms with E-state index in [1.54, 1.807) is 0 Å². The predicted octanol–water partition coefficient (Wildman–Crippen LogP) is 3.37. The maximum absolute atomic E-state index is 11.7. The molecule has 18 heavy (non-hydrogen) atoms. The second kappa shape index (κ2) is 5.42. The smallest absolute Gasteiger partial charge is 0.314 e. The zero-order valence-corrected chi connectivity index (χ0v) is 10.8. The van der Waals surface area contributed by atoms with Gasteiger partial charge in [-0.3, -0.25) is 4.79 Å². The van der Waals surface area contributed by atoms with Crippen molar-refractivity contribution in [1.82, 2.24) is 0 Å². The van der Waals surface area contributed by atoms with Gasteiger partial charge in [0, 0.05) is 0 Å². The molecule has 3 heteroatoms. The van der Waals surface area contributed by atoms with Gasteiger partial charge in [-0.25, -0.2) is 0 Å². The first kappa shape index (κ1) is 12.9. The quantitative estimate of drug-likeness (QED) is 0.888. The molecule has 0 aromatic heterocycles. The molecule has 0 amide bonds. The van der Waals surface area contributed by atoms with E-state index in [-0.39, 0.29) is 0 Å². The highest BCUT2D eigenvalue weighted by molar-refractivity contribution is 5.81. The Balaban J connectivity index is 2.36. The van der Waals surface area contributed by atoms with Crippen LogP contribution in [0.5, 0.6) is 5.75 Å². The molecule has 1 aromatic carbocycles. The van der Waals surface area contributed by atoms with Gasteiger partial charge in [0.1, 0.15) is 5.75 Å². The van der Waals surface area contributed by atoms with E-state index in [2.05, 4.69) is 0 Å². The van der Waals surface area contributed by atoms with Gasteiger partial charge in [0.25, 0.3) is 0 Å². The lowest BCUT2D eigenvalue weighted by Gasteiger charge is -2.33. The zero-order chi connectivity index (χ0) is 13.0. The van der Waals surface area contributed by atoms with Gasteiger partial charge in [0.2, 0.25) is 0 Å². The monoisotopic (exact) mass is 248 g/mol. The molecule has 1 aromatic rings. The van der Waals surface area contributed by atoms with Gasteiger partial charge in [0.15, 0.2) is 0 Å². The third-order valence-corrected chi connectivity index (χ3v) is 3.81. The number of carboxylic acids is 1. The average molecular weight is 248 g/mol. The van der Waals surface area contributed by atoms with Crippen LogP contribution in [0.3, 0.4) is 0 Å². The van der Waals surface area contributed by atoms with Crippen molar-refractivity contribution in [2.24, 2.45) is 0 Å². The third kappa shape index (κ3) is 2.35. The van der Waals surface area contributed by atoms with Gasteiger partial charge in [-0.1, -0.05) is 31.4 Å². The summed E-state index contributed by atoms with van der Waals surface area (Å²) in [6, 6.07) is 7.58. The Morgan fingerprint density at radius 1 is 1.33 bits per heavy atom. The third-order valence-electron chi connectivity index (χ3n) is 3.81. The van der Waals surface area contributed by atoms with Crippen LogP contribution in [-0.2, 0) is 10.2 Å². The Morgan fingerprint density at radius 2 is 2.06 bits per heavy atom. The Kier molecular flexibility index (Phi) is 3.90. The molecule has 0 heterocycles. The highest BCUT2D eigenvalue weighted by Gasteiger charge is 2.41. The molecule has 0 saturated heterocycles. The number of aliphatic carboxylic acids is 1. The zero-order valence-electron chi connectivity index (χ0n) is 10.8. The summed E-state index contributed by atoms with van der Waals surface area (Å²) in [5, 5.41) is 9.62. The number of carboxylic acid groups (broad SMARTS) is 1. The van der Waals surface area contributed by atoms with E-state index in [1.165, 1.54) is 0 Å². The summed E-state index contributed by atoms with van der Waals surface area (Å²) >= 11 is 0. The Hall–Kier alpha value is -1.51. The molecule has 0 spiro atoms. The summed E-state index contributed by atoms with van der Waals surface area (Å²) in [6.45, 7) is 2.53. The van der Waals surface area contributed by atoms with Gasteiger partial charge in [-0.05, 0) is 37.5 Å². The van der Waals surface area contributed by atoms with E-state index in [1.807, 2.05) is 31.2 Å². The first-order valence-corrected chi connectivity index (χ1v) is 6.66. The first-order valence-electron chi connectivity index (χ1n) is 6.66. The van der Waals surface area contributed by atoms with Crippen molar-refractivity contribution >= 4 is 5.97 Å². The summed E-state index contributed by atoms with van der Waals surface area (Å²) in [5.41, 5.74) is 0.186. The fourth-order valence-corrected chi connectivity index (χ4v) is 2.83. The highest BCUT2D eigenvalue weighted by Crippen LogP contribution is 2.40. The number of ether oxygens (including phenoxy) is 1. The van der Waals surface area contributed by atoms with Crippen LogP contribution in [0.4, 0.5) is 0 Å².